The maximum Gasteiger partial charge on any atom is 0.394 e. The summed E-state index contributed by atoms with van der Waals surface area (Å²) in [7, 11) is 0. The smallest absolute Gasteiger partial charge is 0.394 e. The number of carboxylic acid groups (broad SMARTS) is 1. The third-order valence-electron chi connectivity index (χ3n) is 4.35. The van der Waals surface area contributed by atoms with E-state index in [4.69, 9.17) is 5.11 Å². The number of benzene rings is 1. The molecule has 1 fully saturated rings. The number of amides is 3. The van der Waals surface area contributed by atoms with Crippen LogP contribution in [0.1, 0.15) is 15.9 Å². The van der Waals surface area contributed by atoms with E-state index in [2.05, 4.69) is 10.6 Å². The highest BCUT2D eigenvalue weighted by Gasteiger charge is 2.53. The fourth-order valence-corrected chi connectivity index (χ4v) is 2.82. The van der Waals surface area contributed by atoms with Crippen molar-refractivity contribution in [1.82, 2.24) is 15.5 Å². The number of rotatable bonds is 5. The summed E-state index contributed by atoms with van der Waals surface area (Å²) in [4.78, 5) is 35.7. The number of urea groups is 1. The van der Waals surface area contributed by atoms with E-state index in [1.165, 1.54) is 0 Å². The molecule has 1 aliphatic rings. The van der Waals surface area contributed by atoms with E-state index in [0.29, 0.717) is 5.56 Å². The number of carbonyl (C=O) groups excluding carboxylic acids is 2. The SMILES string of the molecule is Cc1ccc(C(=O)NCCNC(=O)N2C[C@@H](C(F)(F)F)[C@H](C(=O)O)C2)cc1. The Bertz CT molecular complexity index is 706. The van der Waals surface area contributed by atoms with Crippen LogP contribution in [0.25, 0.3) is 0 Å². The number of aliphatic carboxylic acids is 1. The zero-order valence-electron chi connectivity index (χ0n) is 14.5. The predicted molar refractivity (Wildman–Crippen MR) is 89.2 cm³/mol. The molecule has 1 aromatic carbocycles. The van der Waals surface area contributed by atoms with Crippen molar-refractivity contribution in [3.63, 3.8) is 0 Å². The van der Waals surface area contributed by atoms with Crippen molar-refractivity contribution < 1.29 is 32.7 Å². The Labute approximate surface area is 153 Å². The van der Waals surface area contributed by atoms with E-state index in [1.807, 2.05) is 6.92 Å². The number of carboxylic acids is 1. The Hall–Kier alpha value is -2.78. The quantitative estimate of drug-likeness (QED) is 0.669. The van der Waals surface area contributed by atoms with Crippen LogP contribution in [0, 0.1) is 18.8 Å². The first-order valence-electron chi connectivity index (χ1n) is 8.26. The molecule has 148 valence electrons. The molecule has 3 N–H and O–H groups in total. The van der Waals surface area contributed by atoms with Crippen LogP contribution < -0.4 is 10.6 Å². The molecular weight excluding hydrogens is 367 g/mol. The van der Waals surface area contributed by atoms with Crippen LogP contribution in [0.4, 0.5) is 18.0 Å². The van der Waals surface area contributed by atoms with Gasteiger partial charge in [0, 0.05) is 31.7 Å². The second-order valence-electron chi connectivity index (χ2n) is 6.35. The summed E-state index contributed by atoms with van der Waals surface area (Å²) >= 11 is 0. The molecule has 0 bridgehead atoms. The third-order valence-corrected chi connectivity index (χ3v) is 4.35. The Morgan fingerprint density at radius 2 is 1.70 bits per heavy atom. The standard InChI is InChI=1S/C17H20F3N3O4/c1-10-2-4-11(5-3-10)14(24)21-6-7-22-16(27)23-8-12(15(25)26)13(9-23)17(18,19)20/h2-5,12-13H,6-9H2,1H3,(H,21,24)(H,22,27)(H,25,26)/t12-,13-/m1/s1. The number of hydrogen-bond acceptors (Lipinski definition) is 3. The van der Waals surface area contributed by atoms with Gasteiger partial charge in [-0.15, -0.1) is 0 Å². The van der Waals surface area contributed by atoms with Gasteiger partial charge < -0.3 is 20.6 Å². The second kappa shape index (κ2) is 8.28. The molecule has 0 aliphatic carbocycles. The van der Waals surface area contributed by atoms with Gasteiger partial charge in [-0.2, -0.15) is 13.2 Å². The van der Waals surface area contributed by atoms with Crippen molar-refractivity contribution in [2.75, 3.05) is 26.2 Å². The van der Waals surface area contributed by atoms with Gasteiger partial charge >= 0.3 is 18.2 Å². The number of carbonyl (C=O) groups is 3. The molecule has 1 saturated heterocycles. The lowest BCUT2D eigenvalue weighted by Gasteiger charge is -2.18. The van der Waals surface area contributed by atoms with E-state index in [1.54, 1.807) is 24.3 Å². The van der Waals surface area contributed by atoms with Crippen LogP contribution in [0.3, 0.4) is 0 Å². The highest BCUT2D eigenvalue weighted by atomic mass is 19.4. The fraction of sp³-hybridized carbons (Fsp3) is 0.471. The first kappa shape index (κ1) is 20.5. The van der Waals surface area contributed by atoms with Gasteiger partial charge in [-0.25, -0.2) is 4.79 Å². The highest BCUT2D eigenvalue weighted by Crippen LogP contribution is 2.37. The number of nitrogens with one attached hydrogen (secondary N) is 2. The summed E-state index contributed by atoms with van der Waals surface area (Å²) in [6.07, 6.45) is -4.69. The van der Waals surface area contributed by atoms with Crippen molar-refractivity contribution >= 4 is 17.9 Å². The maximum atomic E-state index is 12.9. The molecule has 1 aliphatic heterocycles. The number of likely N-dealkylation sites (tertiary alicyclic amines) is 1. The number of hydrogen-bond donors (Lipinski definition) is 3. The van der Waals surface area contributed by atoms with Crippen molar-refractivity contribution in [2.45, 2.75) is 13.1 Å². The summed E-state index contributed by atoms with van der Waals surface area (Å²) in [5.74, 6) is -5.70. The summed E-state index contributed by atoms with van der Waals surface area (Å²) < 4.78 is 38.8. The molecule has 1 heterocycles. The Kier molecular flexibility index (Phi) is 6.29. The summed E-state index contributed by atoms with van der Waals surface area (Å²) in [5, 5.41) is 13.9. The molecule has 0 saturated carbocycles. The minimum atomic E-state index is -4.69. The molecule has 10 heteroatoms. The highest BCUT2D eigenvalue weighted by molar-refractivity contribution is 5.94. The van der Waals surface area contributed by atoms with Gasteiger partial charge in [-0.05, 0) is 19.1 Å². The van der Waals surface area contributed by atoms with Crippen molar-refractivity contribution in [3.8, 4) is 0 Å². The Morgan fingerprint density at radius 3 is 2.22 bits per heavy atom. The lowest BCUT2D eigenvalue weighted by atomic mass is 9.96. The van der Waals surface area contributed by atoms with Crippen LogP contribution in [-0.2, 0) is 4.79 Å². The number of alkyl halides is 3. The van der Waals surface area contributed by atoms with Crippen molar-refractivity contribution in [3.05, 3.63) is 35.4 Å². The summed E-state index contributed by atoms with van der Waals surface area (Å²) in [5.41, 5.74) is 1.45. The Morgan fingerprint density at radius 1 is 1.11 bits per heavy atom. The van der Waals surface area contributed by atoms with E-state index >= 15 is 0 Å². The number of halogens is 3. The molecule has 3 amide bonds. The second-order valence-corrected chi connectivity index (χ2v) is 6.35. The molecule has 0 aromatic heterocycles. The van der Waals surface area contributed by atoms with E-state index in [-0.39, 0.29) is 19.0 Å². The molecule has 0 spiro atoms. The van der Waals surface area contributed by atoms with Crippen LogP contribution in [0.5, 0.6) is 0 Å². The van der Waals surface area contributed by atoms with Crippen molar-refractivity contribution in [1.29, 1.82) is 0 Å². The molecule has 7 nitrogen and oxygen atoms in total. The molecular formula is C17H20F3N3O4. The normalized spacial score (nSPS) is 19.6. The molecule has 0 radical (unpaired) electrons. The van der Waals surface area contributed by atoms with E-state index in [9.17, 15) is 27.6 Å². The minimum absolute atomic E-state index is 0.00135. The van der Waals surface area contributed by atoms with Gasteiger partial charge in [0.05, 0.1) is 11.8 Å². The van der Waals surface area contributed by atoms with Gasteiger partial charge in [-0.1, -0.05) is 17.7 Å². The molecule has 2 rings (SSSR count). The first-order valence-corrected chi connectivity index (χ1v) is 8.26. The van der Waals surface area contributed by atoms with Gasteiger partial charge in [-0.3, -0.25) is 9.59 Å². The van der Waals surface area contributed by atoms with Crippen LogP contribution in [-0.4, -0.2) is 60.3 Å². The monoisotopic (exact) mass is 387 g/mol. The van der Waals surface area contributed by atoms with Crippen LogP contribution >= 0.6 is 0 Å². The largest absolute Gasteiger partial charge is 0.481 e. The van der Waals surface area contributed by atoms with Gasteiger partial charge in [0.2, 0.25) is 0 Å². The summed E-state index contributed by atoms with van der Waals surface area (Å²) in [6.45, 7) is 0.746. The third kappa shape index (κ3) is 5.35. The van der Waals surface area contributed by atoms with E-state index < -0.39 is 43.1 Å². The lowest BCUT2D eigenvalue weighted by Crippen LogP contribution is -2.42. The summed E-state index contributed by atoms with van der Waals surface area (Å²) in [6, 6.07) is 6.06. The average molecular weight is 387 g/mol. The minimum Gasteiger partial charge on any atom is -0.481 e. The van der Waals surface area contributed by atoms with Crippen molar-refractivity contribution in [2.24, 2.45) is 11.8 Å². The Balaban J connectivity index is 1.79. The molecule has 0 unspecified atom stereocenters. The number of nitrogens with zero attached hydrogens (tertiary/aromatic N) is 1. The predicted octanol–water partition coefficient (Wildman–Crippen LogP) is 1.63. The maximum absolute atomic E-state index is 12.9. The molecule has 2 atom stereocenters. The number of aryl methyl sites for hydroxylation is 1. The zero-order chi connectivity index (χ0) is 20.2. The van der Waals surface area contributed by atoms with Crippen LogP contribution in [0.2, 0.25) is 0 Å². The average Bonchev–Trinajstić information content (AvgIpc) is 3.05. The molecule has 1 aromatic rings. The fourth-order valence-electron chi connectivity index (χ4n) is 2.82. The first-order chi connectivity index (χ1) is 12.6. The zero-order valence-corrected chi connectivity index (χ0v) is 14.5. The van der Waals surface area contributed by atoms with Gasteiger partial charge in [0.1, 0.15) is 0 Å². The topological polar surface area (TPSA) is 98.7 Å². The van der Waals surface area contributed by atoms with Gasteiger partial charge in [0.25, 0.3) is 5.91 Å². The van der Waals surface area contributed by atoms with Gasteiger partial charge in [0.15, 0.2) is 0 Å². The van der Waals surface area contributed by atoms with Crippen LogP contribution in [0.15, 0.2) is 24.3 Å². The molecule has 27 heavy (non-hydrogen) atoms. The lowest BCUT2D eigenvalue weighted by molar-refractivity contribution is -0.187. The van der Waals surface area contributed by atoms with E-state index in [0.717, 1.165) is 10.5 Å².